The molecule has 4 heterocycles. The molecule has 4 amide bonds. The molecule has 306 valence electrons. The van der Waals surface area contributed by atoms with E-state index in [2.05, 4.69) is 15.1 Å². The fourth-order valence-electron chi connectivity index (χ4n) is 8.28. The van der Waals surface area contributed by atoms with Gasteiger partial charge >= 0.3 is 24.3 Å². The molecule has 0 aliphatic carbocycles. The smallest absolute Gasteiger partial charge is 0.418 e. The molecule has 2 aromatic carbocycles. The van der Waals surface area contributed by atoms with Crippen LogP contribution in [0.3, 0.4) is 0 Å². The number of urea groups is 1. The minimum atomic E-state index is -4.79. The third kappa shape index (κ3) is 9.63. The highest BCUT2D eigenvalue weighted by Gasteiger charge is 2.39. The molecule has 3 fully saturated rings. The lowest BCUT2D eigenvalue weighted by Crippen LogP contribution is -2.57. The first-order valence-electron chi connectivity index (χ1n) is 19.4. The van der Waals surface area contributed by atoms with E-state index >= 15 is 0 Å². The van der Waals surface area contributed by atoms with E-state index in [9.17, 15) is 32.3 Å². The average Bonchev–Trinajstić information content (AvgIpc) is 3.36. The zero-order valence-electron chi connectivity index (χ0n) is 31.9. The van der Waals surface area contributed by atoms with Crippen molar-refractivity contribution in [2.75, 3.05) is 76.6 Å². The largest absolute Gasteiger partial charge is 0.465 e. The number of benzene rings is 2. The van der Waals surface area contributed by atoms with Crippen LogP contribution in [0.1, 0.15) is 56.2 Å². The SMILES string of the molecule is CCOC(=O)[C@@H](C)N1CCC(N2CCN(C(=O)C(Cc3cc(Cl)c(N)c(C(F)(F)F)c3)OC(=O)N3CCC(N4CCc5ccccc5NC4=O)CC3)CC2)CC1. The number of nitrogens with zero attached hydrogens (tertiary/aromatic N) is 5. The summed E-state index contributed by atoms with van der Waals surface area (Å²) in [4.78, 5) is 62.5. The fraction of sp³-hybridized carbons (Fsp3) is 0.590. The lowest BCUT2D eigenvalue weighted by Gasteiger charge is -2.44. The van der Waals surface area contributed by atoms with Crippen molar-refractivity contribution in [2.45, 2.75) is 82.8 Å². The summed E-state index contributed by atoms with van der Waals surface area (Å²) in [6.07, 6.45) is -3.93. The van der Waals surface area contributed by atoms with E-state index in [1.807, 2.05) is 31.2 Å². The molecule has 56 heavy (non-hydrogen) atoms. The van der Waals surface area contributed by atoms with Crippen molar-refractivity contribution >= 4 is 47.0 Å². The first kappa shape index (κ1) is 41.4. The number of amides is 4. The van der Waals surface area contributed by atoms with Crippen molar-refractivity contribution in [3.63, 3.8) is 0 Å². The molecule has 4 aliphatic rings. The maximum absolute atomic E-state index is 14.1. The lowest BCUT2D eigenvalue weighted by molar-refractivity contribution is -0.149. The van der Waals surface area contributed by atoms with Gasteiger partial charge in [0.15, 0.2) is 6.10 Å². The number of carbonyl (C=O) groups is 4. The van der Waals surface area contributed by atoms with Crippen LogP contribution in [0.25, 0.3) is 0 Å². The van der Waals surface area contributed by atoms with Crippen LogP contribution in [-0.4, -0.2) is 138 Å². The van der Waals surface area contributed by atoms with Gasteiger partial charge in [0.1, 0.15) is 6.04 Å². The van der Waals surface area contributed by atoms with Gasteiger partial charge in [-0.1, -0.05) is 29.8 Å². The van der Waals surface area contributed by atoms with Crippen LogP contribution < -0.4 is 11.1 Å². The minimum Gasteiger partial charge on any atom is -0.465 e. The molecule has 2 aromatic rings. The second kappa shape index (κ2) is 17.9. The maximum Gasteiger partial charge on any atom is 0.418 e. The third-order valence-electron chi connectivity index (χ3n) is 11.6. The van der Waals surface area contributed by atoms with E-state index in [1.54, 1.807) is 16.7 Å². The van der Waals surface area contributed by atoms with Gasteiger partial charge < -0.3 is 35.2 Å². The maximum atomic E-state index is 14.1. The first-order chi connectivity index (χ1) is 26.7. The summed E-state index contributed by atoms with van der Waals surface area (Å²) in [6.45, 7) is 8.33. The Labute approximate surface area is 330 Å². The van der Waals surface area contributed by atoms with Crippen LogP contribution in [0, 0.1) is 0 Å². The number of carbonyl (C=O) groups excluding carboxylic acids is 4. The lowest BCUT2D eigenvalue weighted by atomic mass is 10.00. The Hall–Kier alpha value is -4.28. The van der Waals surface area contributed by atoms with Crippen molar-refractivity contribution in [2.24, 2.45) is 0 Å². The second-order valence-electron chi connectivity index (χ2n) is 14.9. The van der Waals surface area contributed by atoms with Gasteiger partial charge in [-0.2, -0.15) is 13.2 Å². The summed E-state index contributed by atoms with van der Waals surface area (Å²) in [5.41, 5.74) is 5.81. The van der Waals surface area contributed by atoms with Gasteiger partial charge in [0, 0.05) is 83.1 Å². The normalized spacial score (nSPS) is 20.5. The number of fused-ring (bicyclic) bond motifs is 1. The highest BCUT2D eigenvalue weighted by atomic mass is 35.5. The average molecular weight is 806 g/mol. The van der Waals surface area contributed by atoms with Crippen molar-refractivity contribution in [3.05, 3.63) is 58.1 Å². The van der Waals surface area contributed by atoms with Gasteiger partial charge in [-0.3, -0.25) is 19.4 Å². The highest BCUT2D eigenvalue weighted by molar-refractivity contribution is 6.33. The molecular formula is C39H51ClF3N7O6. The van der Waals surface area contributed by atoms with Crippen LogP contribution in [-0.2, 0) is 38.1 Å². The van der Waals surface area contributed by atoms with Crippen LogP contribution in [0.4, 0.5) is 34.1 Å². The predicted octanol–water partition coefficient (Wildman–Crippen LogP) is 5.10. The van der Waals surface area contributed by atoms with E-state index in [0.717, 1.165) is 43.2 Å². The number of anilines is 2. The van der Waals surface area contributed by atoms with Gasteiger partial charge in [-0.05, 0) is 75.3 Å². The molecule has 3 saturated heterocycles. The van der Waals surface area contributed by atoms with Crippen LogP contribution in [0.2, 0.25) is 5.02 Å². The molecule has 6 rings (SSSR count). The van der Waals surface area contributed by atoms with Crippen LogP contribution in [0.5, 0.6) is 0 Å². The molecule has 1 unspecified atom stereocenters. The summed E-state index contributed by atoms with van der Waals surface area (Å²) >= 11 is 6.13. The molecule has 0 aromatic heterocycles. The molecule has 4 aliphatic heterocycles. The number of nitrogen functional groups attached to an aromatic ring is 1. The van der Waals surface area contributed by atoms with Gasteiger partial charge in [0.05, 0.1) is 22.9 Å². The van der Waals surface area contributed by atoms with Gasteiger partial charge in [-0.25, -0.2) is 9.59 Å². The monoisotopic (exact) mass is 805 g/mol. The molecule has 0 radical (unpaired) electrons. The fourth-order valence-corrected chi connectivity index (χ4v) is 8.52. The number of rotatable bonds is 9. The van der Waals surface area contributed by atoms with E-state index < -0.39 is 35.5 Å². The van der Waals surface area contributed by atoms with Crippen LogP contribution >= 0.6 is 11.6 Å². The van der Waals surface area contributed by atoms with E-state index in [0.29, 0.717) is 58.6 Å². The molecule has 0 spiro atoms. The van der Waals surface area contributed by atoms with Crippen LogP contribution in [0.15, 0.2) is 36.4 Å². The first-order valence-corrected chi connectivity index (χ1v) is 19.8. The number of likely N-dealkylation sites (tertiary alicyclic amines) is 2. The number of nitrogens with one attached hydrogen (secondary N) is 1. The molecule has 17 heteroatoms. The molecule has 13 nitrogen and oxygen atoms in total. The summed E-state index contributed by atoms with van der Waals surface area (Å²) in [7, 11) is 0. The highest BCUT2D eigenvalue weighted by Crippen LogP contribution is 2.38. The van der Waals surface area contributed by atoms with Crippen molar-refractivity contribution in [1.82, 2.24) is 24.5 Å². The number of piperidine rings is 2. The molecule has 0 saturated carbocycles. The zero-order valence-corrected chi connectivity index (χ0v) is 32.6. The number of nitrogens with two attached hydrogens (primary N) is 1. The topological polar surface area (TPSA) is 141 Å². The number of ether oxygens (including phenoxy) is 2. The van der Waals surface area contributed by atoms with E-state index in [4.69, 9.17) is 26.8 Å². The summed E-state index contributed by atoms with van der Waals surface area (Å²) in [6, 6.07) is 9.40. The Bertz CT molecular complexity index is 1740. The molecule has 2 atom stereocenters. The summed E-state index contributed by atoms with van der Waals surface area (Å²) in [5, 5.41) is 2.67. The Morgan fingerprint density at radius 1 is 0.929 bits per heavy atom. The number of esters is 1. The minimum absolute atomic E-state index is 0.0528. The number of halogens is 4. The molecule has 3 N–H and O–H groups in total. The van der Waals surface area contributed by atoms with Gasteiger partial charge in [-0.15, -0.1) is 0 Å². The summed E-state index contributed by atoms with van der Waals surface area (Å²) < 4.78 is 52.7. The Balaban J connectivity index is 1.09. The molecular weight excluding hydrogens is 755 g/mol. The number of para-hydroxylation sites is 1. The van der Waals surface area contributed by atoms with Crippen molar-refractivity contribution < 1.29 is 41.8 Å². The van der Waals surface area contributed by atoms with Gasteiger partial charge in [0.25, 0.3) is 5.91 Å². The van der Waals surface area contributed by atoms with Crippen molar-refractivity contribution in [3.8, 4) is 0 Å². The number of piperazine rings is 1. The predicted molar refractivity (Wildman–Crippen MR) is 204 cm³/mol. The standard InChI is InChI=1S/C39H51ClF3N7O6/c1-3-55-36(52)25(2)46-13-9-28(10-14-46)47-18-20-48(21-19-47)35(51)33(24-26-22-30(39(41,42)43)34(44)31(40)23-26)56-38(54)49-15-11-29(12-16-49)50-17-8-27-6-4-5-7-32(27)45-37(50)53/h4-7,22-23,25,28-29,33H,3,8-21,24,44H2,1-2H3,(H,45,53)/t25-,33?/m1/s1. The summed E-state index contributed by atoms with van der Waals surface area (Å²) in [5.74, 6) is -0.740. The number of hydrogen-bond acceptors (Lipinski definition) is 9. The zero-order chi connectivity index (χ0) is 40.1. The Morgan fingerprint density at radius 3 is 2.25 bits per heavy atom. The van der Waals surface area contributed by atoms with Gasteiger partial charge in [0.2, 0.25) is 0 Å². The van der Waals surface area contributed by atoms with E-state index in [1.165, 1.54) is 11.0 Å². The number of hydrogen-bond donors (Lipinski definition) is 2. The quantitative estimate of drug-likeness (QED) is 0.262. The second-order valence-corrected chi connectivity index (χ2v) is 15.3. The van der Waals surface area contributed by atoms with Crippen molar-refractivity contribution in [1.29, 1.82) is 0 Å². The Kier molecular flexibility index (Phi) is 13.2. The molecule has 0 bridgehead atoms. The number of alkyl halides is 3. The third-order valence-corrected chi connectivity index (χ3v) is 11.9. The Morgan fingerprint density at radius 2 is 1.59 bits per heavy atom. The van der Waals surface area contributed by atoms with E-state index in [-0.39, 0.29) is 60.2 Å².